The Hall–Kier alpha value is -0.850. The van der Waals surface area contributed by atoms with Gasteiger partial charge in [-0.3, -0.25) is 0 Å². The molecule has 88 valence electrons. The molecule has 2 N–H and O–H groups in total. The number of hydrogen-bond acceptors (Lipinski definition) is 5. The first-order chi connectivity index (χ1) is 7.41. The largest absolute Gasteiger partial charge is 0.394 e. The van der Waals surface area contributed by atoms with Crippen LogP contribution in [-0.2, 0) is 9.47 Å². The molecule has 0 aliphatic rings. The second-order valence-corrected chi connectivity index (χ2v) is 2.65. The summed E-state index contributed by atoms with van der Waals surface area (Å²) in [7, 11) is 0. The zero-order chi connectivity index (χ0) is 11.2. The summed E-state index contributed by atoms with van der Waals surface area (Å²) in [6.45, 7) is 3.86. The quantitative estimate of drug-likeness (QED) is 0.219. The second kappa shape index (κ2) is 13.2. The molecule has 15 heavy (non-hydrogen) atoms. The first-order valence-electron chi connectivity index (χ1n) is 4.89. The molecule has 0 fully saturated rings. The van der Waals surface area contributed by atoms with Crippen LogP contribution in [0, 0.1) is 0 Å². The van der Waals surface area contributed by atoms with Gasteiger partial charge in [0.05, 0.1) is 33.0 Å². The number of aliphatic hydroxyl groups is 1. The molecule has 0 aromatic carbocycles. The number of rotatable bonds is 11. The molecule has 0 aliphatic carbocycles. The van der Waals surface area contributed by atoms with E-state index in [-0.39, 0.29) is 6.61 Å². The van der Waals surface area contributed by atoms with E-state index in [0.29, 0.717) is 39.5 Å². The average Bonchev–Trinajstić information content (AvgIpc) is 2.26. The van der Waals surface area contributed by atoms with Gasteiger partial charge in [-0.2, -0.15) is 0 Å². The molecule has 0 spiro atoms. The van der Waals surface area contributed by atoms with Gasteiger partial charge in [-0.15, -0.1) is 0 Å². The fraction of sp³-hybridized carbons (Fsp3) is 1.00. The molecule has 0 aromatic rings. The van der Waals surface area contributed by atoms with E-state index >= 15 is 0 Å². The fourth-order valence-corrected chi connectivity index (χ4v) is 0.830. The van der Waals surface area contributed by atoms with Gasteiger partial charge in [-0.1, -0.05) is 5.11 Å². The molecule has 0 heterocycles. The molecule has 0 saturated heterocycles. The summed E-state index contributed by atoms with van der Waals surface area (Å²) in [5, 5.41) is 14.8. The molecule has 0 aliphatic heterocycles. The van der Waals surface area contributed by atoms with Crippen molar-refractivity contribution in [3.8, 4) is 0 Å². The van der Waals surface area contributed by atoms with Crippen LogP contribution in [0.15, 0.2) is 5.11 Å². The third-order valence-electron chi connectivity index (χ3n) is 1.48. The van der Waals surface area contributed by atoms with Crippen molar-refractivity contribution < 1.29 is 14.6 Å². The second-order valence-electron chi connectivity index (χ2n) is 2.65. The van der Waals surface area contributed by atoms with Crippen molar-refractivity contribution in [2.75, 3.05) is 52.7 Å². The highest BCUT2D eigenvalue weighted by Crippen LogP contribution is 1.77. The molecule has 0 saturated carbocycles. The molecule has 0 rings (SSSR count). The minimum absolute atomic E-state index is 0.0426. The monoisotopic (exact) mass is 218 g/mol. The van der Waals surface area contributed by atoms with Crippen LogP contribution in [0.3, 0.4) is 0 Å². The number of aliphatic hydroxyl groups excluding tert-OH is 1. The standard InChI is InChI=1S/C8H18N4O3/c9-12-11-2-1-10-3-5-14-7-8-15-6-4-13/h10,13H,1-8H2. The van der Waals surface area contributed by atoms with Gasteiger partial charge in [0.2, 0.25) is 0 Å². The van der Waals surface area contributed by atoms with E-state index in [1.54, 1.807) is 0 Å². The third-order valence-corrected chi connectivity index (χ3v) is 1.48. The molecule has 0 unspecified atom stereocenters. The Labute approximate surface area is 89.0 Å². The Morgan fingerprint density at radius 2 is 1.87 bits per heavy atom. The Morgan fingerprint density at radius 1 is 1.13 bits per heavy atom. The minimum atomic E-state index is 0.0426. The first kappa shape index (κ1) is 14.2. The van der Waals surface area contributed by atoms with E-state index < -0.39 is 0 Å². The normalized spacial score (nSPS) is 9.93. The van der Waals surface area contributed by atoms with Gasteiger partial charge in [0.15, 0.2) is 0 Å². The summed E-state index contributed by atoms with van der Waals surface area (Å²) in [4.78, 5) is 2.63. The van der Waals surface area contributed by atoms with Crippen LogP contribution in [0.1, 0.15) is 0 Å². The highest BCUT2D eigenvalue weighted by atomic mass is 16.5. The van der Waals surface area contributed by atoms with Crippen LogP contribution in [0.4, 0.5) is 0 Å². The molecule has 7 nitrogen and oxygen atoms in total. The molecule has 0 bridgehead atoms. The topological polar surface area (TPSA) is 99.5 Å². The maximum absolute atomic E-state index is 8.40. The van der Waals surface area contributed by atoms with Gasteiger partial charge < -0.3 is 19.9 Å². The van der Waals surface area contributed by atoms with Crippen molar-refractivity contribution in [2.24, 2.45) is 5.11 Å². The predicted octanol–water partition coefficient (Wildman–Crippen LogP) is -0.0882. The van der Waals surface area contributed by atoms with Gasteiger partial charge in [0, 0.05) is 24.5 Å². The first-order valence-corrected chi connectivity index (χ1v) is 4.89. The molecule has 0 amide bonds. The molecular formula is C8H18N4O3. The number of nitrogens with zero attached hydrogens (tertiary/aromatic N) is 3. The van der Waals surface area contributed by atoms with Crippen molar-refractivity contribution in [3.05, 3.63) is 10.4 Å². The summed E-state index contributed by atoms with van der Waals surface area (Å²) in [6, 6.07) is 0. The fourth-order valence-electron chi connectivity index (χ4n) is 0.830. The summed E-state index contributed by atoms with van der Waals surface area (Å²) >= 11 is 0. The van der Waals surface area contributed by atoms with E-state index in [1.807, 2.05) is 0 Å². The number of azide groups is 1. The Morgan fingerprint density at radius 3 is 2.53 bits per heavy atom. The van der Waals surface area contributed by atoms with E-state index in [4.69, 9.17) is 20.1 Å². The van der Waals surface area contributed by atoms with Gasteiger partial charge in [-0.05, 0) is 5.53 Å². The van der Waals surface area contributed by atoms with Crippen molar-refractivity contribution in [1.82, 2.24) is 5.32 Å². The van der Waals surface area contributed by atoms with E-state index in [1.165, 1.54) is 0 Å². The summed E-state index contributed by atoms with van der Waals surface area (Å²) < 4.78 is 10.2. The molecular weight excluding hydrogens is 200 g/mol. The van der Waals surface area contributed by atoms with E-state index in [0.717, 1.165) is 6.54 Å². The lowest BCUT2D eigenvalue weighted by molar-refractivity contribution is 0.0341. The van der Waals surface area contributed by atoms with Crippen molar-refractivity contribution in [2.45, 2.75) is 0 Å². The number of nitrogens with one attached hydrogen (secondary N) is 1. The highest BCUT2D eigenvalue weighted by Gasteiger charge is 1.89. The van der Waals surface area contributed by atoms with Gasteiger partial charge in [0.1, 0.15) is 0 Å². The van der Waals surface area contributed by atoms with Crippen molar-refractivity contribution in [1.29, 1.82) is 0 Å². The molecule has 0 atom stereocenters. The molecule has 0 radical (unpaired) electrons. The highest BCUT2D eigenvalue weighted by molar-refractivity contribution is 4.51. The zero-order valence-corrected chi connectivity index (χ0v) is 8.76. The summed E-state index contributed by atoms with van der Waals surface area (Å²) in [6.07, 6.45) is 0. The number of hydrogen-bond donors (Lipinski definition) is 2. The van der Waals surface area contributed by atoms with Crippen molar-refractivity contribution >= 4 is 0 Å². The zero-order valence-electron chi connectivity index (χ0n) is 8.76. The minimum Gasteiger partial charge on any atom is -0.394 e. The predicted molar refractivity (Wildman–Crippen MR) is 55.6 cm³/mol. The lowest BCUT2D eigenvalue weighted by Crippen LogP contribution is -2.23. The lowest BCUT2D eigenvalue weighted by atomic mass is 10.6. The Bertz CT molecular complexity index is 173. The maximum atomic E-state index is 8.40. The average molecular weight is 218 g/mol. The maximum Gasteiger partial charge on any atom is 0.0701 e. The van der Waals surface area contributed by atoms with Crippen LogP contribution < -0.4 is 5.32 Å². The van der Waals surface area contributed by atoms with Crippen LogP contribution in [0.2, 0.25) is 0 Å². The third kappa shape index (κ3) is 13.2. The van der Waals surface area contributed by atoms with Crippen LogP contribution >= 0.6 is 0 Å². The van der Waals surface area contributed by atoms with Crippen LogP contribution in [0.25, 0.3) is 10.4 Å². The SMILES string of the molecule is [N-]=[N+]=NCCNCCOCCOCCO. The summed E-state index contributed by atoms with van der Waals surface area (Å²) in [5.41, 5.74) is 7.98. The summed E-state index contributed by atoms with van der Waals surface area (Å²) in [5.74, 6) is 0. The van der Waals surface area contributed by atoms with Crippen molar-refractivity contribution in [3.63, 3.8) is 0 Å². The van der Waals surface area contributed by atoms with Gasteiger partial charge in [0.25, 0.3) is 0 Å². The Kier molecular flexibility index (Phi) is 12.4. The van der Waals surface area contributed by atoms with E-state index in [2.05, 4.69) is 15.3 Å². The number of ether oxygens (including phenoxy) is 2. The Balaban J connectivity index is 2.89. The van der Waals surface area contributed by atoms with Crippen LogP contribution in [-0.4, -0.2) is 57.8 Å². The van der Waals surface area contributed by atoms with Gasteiger partial charge >= 0.3 is 0 Å². The van der Waals surface area contributed by atoms with E-state index in [9.17, 15) is 0 Å². The smallest absolute Gasteiger partial charge is 0.0701 e. The van der Waals surface area contributed by atoms with Crippen LogP contribution in [0.5, 0.6) is 0 Å². The van der Waals surface area contributed by atoms with Gasteiger partial charge in [-0.25, -0.2) is 0 Å². The molecule has 0 aromatic heterocycles. The molecule has 7 heteroatoms. The lowest BCUT2D eigenvalue weighted by Gasteiger charge is -2.05.